The minimum Gasteiger partial charge on any atom is -0.355 e. The molecule has 4 nitrogen and oxygen atoms in total. The van der Waals surface area contributed by atoms with Gasteiger partial charge in [-0.2, -0.15) is 0 Å². The highest BCUT2D eigenvalue weighted by molar-refractivity contribution is 5.72. The van der Waals surface area contributed by atoms with Gasteiger partial charge in [-0.05, 0) is 18.3 Å². The maximum Gasteiger partial charge on any atom is 0.216 e. The summed E-state index contributed by atoms with van der Waals surface area (Å²) in [5.41, 5.74) is 6.06. The molecule has 94 valence electrons. The number of hydrogen-bond donors (Lipinski definition) is 2. The predicted molar refractivity (Wildman–Crippen MR) is 66.0 cm³/mol. The molecule has 1 fully saturated rings. The number of nitrogens with two attached hydrogens (primary N) is 1. The van der Waals surface area contributed by atoms with Crippen molar-refractivity contribution in [2.24, 2.45) is 17.6 Å². The lowest BCUT2D eigenvalue weighted by atomic mass is 9.86. The standard InChI is InChI=1S/C12H25N3O/c1-9(2)11-6-12(13)8-15(7-11)5-4-14-10(3)16/h9,11-12H,4-8,13H2,1-3H3,(H,14,16). The molecule has 0 radical (unpaired) electrons. The van der Waals surface area contributed by atoms with Crippen LogP contribution in [0.15, 0.2) is 0 Å². The SMILES string of the molecule is CC(=O)NCCN1CC(N)CC(C(C)C)C1. The number of piperidine rings is 1. The van der Waals surface area contributed by atoms with Crippen LogP contribution in [0.2, 0.25) is 0 Å². The Morgan fingerprint density at radius 3 is 2.75 bits per heavy atom. The molecular formula is C12H25N3O. The summed E-state index contributed by atoms with van der Waals surface area (Å²) in [6, 6.07) is 0.290. The fraction of sp³-hybridized carbons (Fsp3) is 0.917. The lowest BCUT2D eigenvalue weighted by molar-refractivity contribution is -0.119. The van der Waals surface area contributed by atoms with Crippen LogP contribution in [0.5, 0.6) is 0 Å². The van der Waals surface area contributed by atoms with Gasteiger partial charge in [0.05, 0.1) is 0 Å². The van der Waals surface area contributed by atoms with E-state index in [4.69, 9.17) is 5.73 Å². The average molecular weight is 227 g/mol. The zero-order valence-electron chi connectivity index (χ0n) is 10.7. The molecule has 0 bridgehead atoms. The zero-order valence-corrected chi connectivity index (χ0v) is 10.7. The molecule has 0 spiro atoms. The molecule has 0 aromatic carbocycles. The number of likely N-dealkylation sites (tertiary alicyclic amines) is 1. The minimum absolute atomic E-state index is 0.0433. The lowest BCUT2D eigenvalue weighted by Gasteiger charge is -2.38. The maximum atomic E-state index is 10.8. The Balaban J connectivity index is 2.33. The summed E-state index contributed by atoms with van der Waals surface area (Å²) in [7, 11) is 0. The van der Waals surface area contributed by atoms with Gasteiger partial charge in [-0.25, -0.2) is 0 Å². The van der Waals surface area contributed by atoms with Gasteiger partial charge < -0.3 is 11.1 Å². The summed E-state index contributed by atoms with van der Waals surface area (Å²) in [6.07, 6.45) is 1.13. The molecule has 0 saturated carbocycles. The van der Waals surface area contributed by atoms with E-state index >= 15 is 0 Å². The van der Waals surface area contributed by atoms with Gasteiger partial charge in [0.2, 0.25) is 5.91 Å². The summed E-state index contributed by atoms with van der Waals surface area (Å²) < 4.78 is 0. The first-order valence-electron chi connectivity index (χ1n) is 6.21. The van der Waals surface area contributed by atoms with Crippen LogP contribution in [0.1, 0.15) is 27.2 Å². The van der Waals surface area contributed by atoms with Crippen molar-refractivity contribution < 1.29 is 4.79 Å². The van der Waals surface area contributed by atoms with Crippen molar-refractivity contribution in [1.82, 2.24) is 10.2 Å². The Morgan fingerprint density at radius 2 is 2.19 bits per heavy atom. The van der Waals surface area contributed by atoms with E-state index in [9.17, 15) is 4.79 Å². The second kappa shape index (κ2) is 6.21. The Bertz CT molecular complexity index is 230. The van der Waals surface area contributed by atoms with Gasteiger partial charge in [-0.15, -0.1) is 0 Å². The van der Waals surface area contributed by atoms with E-state index in [1.54, 1.807) is 6.92 Å². The van der Waals surface area contributed by atoms with Gasteiger partial charge in [0, 0.05) is 39.1 Å². The van der Waals surface area contributed by atoms with E-state index in [1.165, 1.54) is 0 Å². The average Bonchev–Trinajstić information content (AvgIpc) is 2.16. The van der Waals surface area contributed by atoms with Crippen molar-refractivity contribution in [3.8, 4) is 0 Å². The predicted octanol–water partition coefficient (Wildman–Crippen LogP) is 0.428. The van der Waals surface area contributed by atoms with Crippen LogP contribution in [0, 0.1) is 11.8 Å². The molecule has 16 heavy (non-hydrogen) atoms. The summed E-state index contributed by atoms with van der Waals surface area (Å²) in [5.74, 6) is 1.43. The number of nitrogens with one attached hydrogen (secondary N) is 1. The van der Waals surface area contributed by atoms with Gasteiger partial charge in [-0.1, -0.05) is 13.8 Å². The van der Waals surface area contributed by atoms with Crippen LogP contribution in [0.25, 0.3) is 0 Å². The molecule has 0 aromatic rings. The summed E-state index contributed by atoms with van der Waals surface area (Å²) in [5, 5.41) is 2.83. The number of rotatable bonds is 4. The van der Waals surface area contributed by atoms with Crippen molar-refractivity contribution in [3.05, 3.63) is 0 Å². The number of carbonyl (C=O) groups is 1. The van der Waals surface area contributed by atoms with Crippen molar-refractivity contribution >= 4 is 5.91 Å². The summed E-state index contributed by atoms with van der Waals surface area (Å²) in [4.78, 5) is 13.1. The number of nitrogens with zero attached hydrogens (tertiary/aromatic N) is 1. The number of amides is 1. The highest BCUT2D eigenvalue weighted by atomic mass is 16.1. The molecule has 2 atom stereocenters. The largest absolute Gasteiger partial charge is 0.355 e. The molecule has 1 rings (SSSR count). The summed E-state index contributed by atoms with van der Waals surface area (Å²) in [6.45, 7) is 9.79. The number of hydrogen-bond acceptors (Lipinski definition) is 3. The third-order valence-corrected chi connectivity index (χ3v) is 3.34. The van der Waals surface area contributed by atoms with Crippen LogP contribution in [-0.2, 0) is 4.79 Å². The quantitative estimate of drug-likeness (QED) is 0.732. The molecule has 1 amide bonds. The first kappa shape index (κ1) is 13.5. The monoisotopic (exact) mass is 227 g/mol. The fourth-order valence-electron chi connectivity index (χ4n) is 2.33. The van der Waals surface area contributed by atoms with Crippen LogP contribution < -0.4 is 11.1 Å². The molecule has 3 N–H and O–H groups in total. The number of carbonyl (C=O) groups excluding carboxylic acids is 1. The van der Waals surface area contributed by atoms with Gasteiger partial charge in [0.15, 0.2) is 0 Å². The van der Waals surface area contributed by atoms with Gasteiger partial charge >= 0.3 is 0 Å². The first-order chi connectivity index (χ1) is 7.49. The van der Waals surface area contributed by atoms with Crippen LogP contribution in [0.3, 0.4) is 0 Å². The van der Waals surface area contributed by atoms with Crippen molar-refractivity contribution in [2.45, 2.75) is 33.2 Å². The molecule has 0 aromatic heterocycles. The van der Waals surface area contributed by atoms with Crippen LogP contribution in [0.4, 0.5) is 0 Å². The zero-order chi connectivity index (χ0) is 12.1. The van der Waals surface area contributed by atoms with E-state index in [2.05, 4.69) is 24.1 Å². The molecule has 1 saturated heterocycles. The van der Waals surface area contributed by atoms with E-state index < -0.39 is 0 Å². The third kappa shape index (κ3) is 4.49. The molecule has 0 aliphatic carbocycles. The van der Waals surface area contributed by atoms with Gasteiger partial charge in [0.1, 0.15) is 0 Å². The second-order valence-electron chi connectivity index (χ2n) is 5.24. The van der Waals surface area contributed by atoms with Crippen molar-refractivity contribution in [2.75, 3.05) is 26.2 Å². The summed E-state index contributed by atoms with van der Waals surface area (Å²) >= 11 is 0. The highest BCUT2D eigenvalue weighted by Gasteiger charge is 2.26. The minimum atomic E-state index is 0.0433. The normalized spacial score (nSPS) is 27.1. The Hall–Kier alpha value is -0.610. The smallest absolute Gasteiger partial charge is 0.216 e. The molecule has 1 aliphatic heterocycles. The molecule has 1 heterocycles. The lowest BCUT2D eigenvalue weighted by Crippen LogP contribution is -2.50. The molecule has 4 heteroatoms. The third-order valence-electron chi connectivity index (χ3n) is 3.34. The molecular weight excluding hydrogens is 202 g/mol. The molecule has 2 unspecified atom stereocenters. The van der Waals surface area contributed by atoms with Gasteiger partial charge in [0.25, 0.3) is 0 Å². The maximum absolute atomic E-state index is 10.8. The Kier molecular flexibility index (Phi) is 5.22. The topological polar surface area (TPSA) is 58.4 Å². The Morgan fingerprint density at radius 1 is 1.50 bits per heavy atom. The van der Waals surface area contributed by atoms with E-state index in [0.29, 0.717) is 17.9 Å². The van der Waals surface area contributed by atoms with Crippen molar-refractivity contribution in [1.29, 1.82) is 0 Å². The second-order valence-corrected chi connectivity index (χ2v) is 5.24. The van der Waals surface area contributed by atoms with E-state index in [1.807, 2.05) is 0 Å². The van der Waals surface area contributed by atoms with Gasteiger partial charge in [-0.3, -0.25) is 9.69 Å². The van der Waals surface area contributed by atoms with Crippen LogP contribution >= 0.6 is 0 Å². The Labute approximate surface area is 98.6 Å². The highest BCUT2D eigenvalue weighted by Crippen LogP contribution is 2.22. The fourth-order valence-corrected chi connectivity index (χ4v) is 2.33. The van der Waals surface area contributed by atoms with E-state index in [0.717, 1.165) is 32.6 Å². The molecule has 1 aliphatic rings. The van der Waals surface area contributed by atoms with E-state index in [-0.39, 0.29) is 5.91 Å². The van der Waals surface area contributed by atoms with Crippen molar-refractivity contribution in [3.63, 3.8) is 0 Å². The van der Waals surface area contributed by atoms with Crippen LogP contribution in [-0.4, -0.2) is 43.0 Å². The first-order valence-corrected chi connectivity index (χ1v) is 6.21.